The summed E-state index contributed by atoms with van der Waals surface area (Å²) in [7, 11) is 0. The highest BCUT2D eigenvalue weighted by Gasteiger charge is 2.21. The molecule has 0 spiro atoms. The first-order valence-corrected chi connectivity index (χ1v) is 7.52. The second-order valence-corrected chi connectivity index (χ2v) is 5.99. The topological polar surface area (TPSA) is 45.2 Å². The van der Waals surface area contributed by atoms with E-state index < -0.39 is 0 Å². The van der Waals surface area contributed by atoms with Gasteiger partial charge in [0.15, 0.2) is 0 Å². The molecule has 2 rings (SSSR count). The lowest BCUT2D eigenvalue weighted by Crippen LogP contribution is -2.42. The van der Waals surface area contributed by atoms with Gasteiger partial charge in [-0.1, -0.05) is 19.9 Å². The number of nitrogens with zero attached hydrogens (tertiary/aromatic N) is 2. The number of aryl methyl sites for hydroxylation is 1. The molecule has 1 atom stereocenters. The molecular weight excluding hydrogens is 250 g/mol. The quantitative estimate of drug-likeness (QED) is 0.917. The lowest BCUT2D eigenvalue weighted by atomic mass is 9.97. The number of nitrogens with one attached hydrogen (secondary N) is 1. The third-order valence-electron chi connectivity index (χ3n) is 3.81. The van der Waals surface area contributed by atoms with Crippen LogP contribution in [0.3, 0.4) is 0 Å². The van der Waals surface area contributed by atoms with Crippen LogP contribution in [0.15, 0.2) is 18.2 Å². The van der Waals surface area contributed by atoms with E-state index in [1.54, 1.807) is 0 Å². The summed E-state index contributed by atoms with van der Waals surface area (Å²) in [6, 6.07) is 6.15. The van der Waals surface area contributed by atoms with Crippen LogP contribution in [-0.2, 0) is 4.79 Å². The van der Waals surface area contributed by atoms with Gasteiger partial charge in [0.25, 0.3) is 0 Å². The lowest BCUT2D eigenvalue weighted by Gasteiger charge is -2.34. The van der Waals surface area contributed by atoms with Crippen molar-refractivity contribution in [3.63, 3.8) is 0 Å². The summed E-state index contributed by atoms with van der Waals surface area (Å²) in [4.78, 5) is 18.6. The summed E-state index contributed by atoms with van der Waals surface area (Å²) >= 11 is 0. The molecule has 1 aromatic heterocycles. The van der Waals surface area contributed by atoms with Crippen molar-refractivity contribution < 1.29 is 4.79 Å². The first kappa shape index (κ1) is 14.8. The van der Waals surface area contributed by atoms with Crippen LogP contribution in [-0.4, -0.2) is 30.5 Å². The van der Waals surface area contributed by atoms with E-state index >= 15 is 0 Å². The van der Waals surface area contributed by atoms with Crippen LogP contribution in [0.2, 0.25) is 0 Å². The standard InChI is InChI=1S/C16H25N3O/c1-12(2)16(20)17-10-14-7-5-9-19(11-14)15-8-4-6-13(3)18-15/h4,6,8,12,14H,5,7,9-11H2,1-3H3,(H,17,20)/t14-/m0/s1. The molecule has 0 bridgehead atoms. The largest absolute Gasteiger partial charge is 0.356 e. The van der Waals surface area contributed by atoms with Crippen LogP contribution in [0, 0.1) is 18.8 Å². The van der Waals surface area contributed by atoms with Gasteiger partial charge in [0.05, 0.1) is 0 Å². The van der Waals surface area contributed by atoms with Crippen molar-refractivity contribution in [2.45, 2.75) is 33.6 Å². The summed E-state index contributed by atoms with van der Waals surface area (Å²) in [5.41, 5.74) is 1.05. The molecule has 1 fully saturated rings. The molecule has 1 amide bonds. The predicted molar refractivity (Wildman–Crippen MR) is 81.8 cm³/mol. The minimum absolute atomic E-state index is 0.0631. The van der Waals surface area contributed by atoms with Gasteiger partial charge in [-0.05, 0) is 37.8 Å². The zero-order chi connectivity index (χ0) is 14.5. The molecule has 1 aromatic rings. The molecule has 1 N–H and O–H groups in total. The summed E-state index contributed by atoms with van der Waals surface area (Å²) < 4.78 is 0. The van der Waals surface area contributed by atoms with Gasteiger partial charge in [-0.25, -0.2) is 4.98 Å². The average Bonchev–Trinajstić information content (AvgIpc) is 2.45. The minimum Gasteiger partial charge on any atom is -0.356 e. The molecule has 0 aliphatic carbocycles. The van der Waals surface area contributed by atoms with Crippen LogP contribution >= 0.6 is 0 Å². The Morgan fingerprint density at radius 1 is 1.50 bits per heavy atom. The number of pyridine rings is 1. The van der Waals surface area contributed by atoms with Gasteiger partial charge in [-0.2, -0.15) is 0 Å². The van der Waals surface area contributed by atoms with Crippen molar-refractivity contribution in [2.24, 2.45) is 11.8 Å². The Balaban J connectivity index is 1.90. The number of piperidine rings is 1. The van der Waals surface area contributed by atoms with Crippen LogP contribution < -0.4 is 10.2 Å². The summed E-state index contributed by atoms with van der Waals surface area (Å²) in [6.45, 7) is 8.70. The fraction of sp³-hybridized carbons (Fsp3) is 0.625. The van der Waals surface area contributed by atoms with Gasteiger partial charge in [0.2, 0.25) is 5.91 Å². The zero-order valence-electron chi connectivity index (χ0n) is 12.7. The number of rotatable bonds is 4. The average molecular weight is 275 g/mol. The van der Waals surface area contributed by atoms with Crippen molar-refractivity contribution in [1.29, 1.82) is 0 Å². The second kappa shape index (κ2) is 6.73. The number of anilines is 1. The molecule has 1 aliphatic heterocycles. The van der Waals surface area contributed by atoms with Gasteiger partial charge in [0.1, 0.15) is 5.82 Å². The van der Waals surface area contributed by atoms with Gasteiger partial charge in [0, 0.05) is 31.2 Å². The highest BCUT2D eigenvalue weighted by atomic mass is 16.1. The summed E-state index contributed by atoms with van der Waals surface area (Å²) in [6.07, 6.45) is 2.35. The van der Waals surface area contributed by atoms with E-state index in [0.29, 0.717) is 5.92 Å². The Labute approximate surface area is 121 Å². The molecule has 2 heterocycles. The Morgan fingerprint density at radius 3 is 3.00 bits per heavy atom. The molecular formula is C16H25N3O. The maximum atomic E-state index is 11.6. The first-order valence-electron chi connectivity index (χ1n) is 7.52. The molecule has 0 saturated carbocycles. The molecule has 0 unspecified atom stereocenters. The highest BCUT2D eigenvalue weighted by Crippen LogP contribution is 2.21. The Bertz CT molecular complexity index is 459. The fourth-order valence-corrected chi connectivity index (χ4v) is 2.59. The Hall–Kier alpha value is -1.58. The Kier molecular flexibility index (Phi) is 4.99. The van der Waals surface area contributed by atoms with Gasteiger partial charge < -0.3 is 10.2 Å². The third-order valence-corrected chi connectivity index (χ3v) is 3.81. The van der Waals surface area contributed by atoms with E-state index in [9.17, 15) is 4.79 Å². The van der Waals surface area contributed by atoms with Crippen molar-refractivity contribution >= 4 is 11.7 Å². The molecule has 1 saturated heterocycles. The Morgan fingerprint density at radius 2 is 2.30 bits per heavy atom. The number of carbonyl (C=O) groups excluding carboxylic acids is 1. The van der Waals surface area contributed by atoms with Gasteiger partial charge in [-0.3, -0.25) is 4.79 Å². The SMILES string of the molecule is Cc1cccc(N2CCC[C@@H](CNC(=O)C(C)C)C2)n1. The molecule has 0 radical (unpaired) electrons. The normalized spacial score (nSPS) is 19.2. The molecule has 1 aliphatic rings. The van der Waals surface area contributed by atoms with Crippen LogP contribution in [0.5, 0.6) is 0 Å². The highest BCUT2D eigenvalue weighted by molar-refractivity contribution is 5.77. The lowest BCUT2D eigenvalue weighted by molar-refractivity contribution is -0.124. The van der Waals surface area contributed by atoms with Crippen LogP contribution in [0.1, 0.15) is 32.4 Å². The fourth-order valence-electron chi connectivity index (χ4n) is 2.59. The van der Waals surface area contributed by atoms with Gasteiger partial charge >= 0.3 is 0 Å². The molecule has 0 aromatic carbocycles. The van der Waals surface area contributed by atoms with Crippen molar-refractivity contribution in [3.05, 3.63) is 23.9 Å². The molecule has 4 heteroatoms. The summed E-state index contributed by atoms with van der Waals surface area (Å²) in [5.74, 6) is 1.79. The van der Waals surface area contributed by atoms with E-state index in [0.717, 1.165) is 37.6 Å². The number of aromatic nitrogens is 1. The van der Waals surface area contributed by atoms with Gasteiger partial charge in [-0.15, -0.1) is 0 Å². The maximum Gasteiger partial charge on any atom is 0.222 e. The van der Waals surface area contributed by atoms with E-state index in [2.05, 4.69) is 27.3 Å². The number of carbonyl (C=O) groups is 1. The van der Waals surface area contributed by atoms with E-state index in [1.807, 2.05) is 26.8 Å². The number of amides is 1. The van der Waals surface area contributed by atoms with Crippen molar-refractivity contribution in [3.8, 4) is 0 Å². The zero-order valence-corrected chi connectivity index (χ0v) is 12.7. The third kappa shape index (κ3) is 3.95. The molecule has 110 valence electrons. The molecule has 20 heavy (non-hydrogen) atoms. The van der Waals surface area contributed by atoms with E-state index in [4.69, 9.17) is 0 Å². The van der Waals surface area contributed by atoms with E-state index in [-0.39, 0.29) is 11.8 Å². The van der Waals surface area contributed by atoms with Crippen molar-refractivity contribution in [2.75, 3.05) is 24.5 Å². The van der Waals surface area contributed by atoms with E-state index in [1.165, 1.54) is 6.42 Å². The monoisotopic (exact) mass is 275 g/mol. The number of hydrogen-bond acceptors (Lipinski definition) is 3. The number of hydrogen-bond donors (Lipinski definition) is 1. The maximum absolute atomic E-state index is 11.6. The van der Waals surface area contributed by atoms with Crippen LogP contribution in [0.25, 0.3) is 0 Å². The minimum atomic E-state index is 0.0631. The smallest absolute Gasteiger partial charge is 0.222 e. The van der Waals surface area contributed by atoms with Crippen molar-refractivity contribution in [1.82, 2.24) is 10.3 Å². The second-order valence-electron chi connectivity index (χ2n) is 5.99. The van der Waals surface area contributed by atoms with Crippen LogP contribution in [0.4, 0.5) is 5.82 Å². The predicted octanol–water partition coefficient (Wildman–Crippen LogP) is 2.38. The summed E-state index contributed by atoms with van der Waals surface area (Å²) in [5, 5.41) is 3.05. The molecule has 4 nitrogen and oxygen atoms in total. The first-order chi connectivity index (χ1) is 9.56.